The summed E-state index contributed by atoms with van der Waals surface area (Å²) in [4.78, 5) is 10.1. The quantitative estimate of drug-likeness (QED) is 0.634. The van der Waals surface area contributed by atoms with Crippen LogP contribution in [0.2, 0.25) is 0 Å². The van der Waals surface area contributed by atoms with Gasteiger partial charge in [0.2, 0.25) is 0 Å². The van der Waals surface area contributed by atoms with Gasteiger partial charge in [0, 0.05) is 24.7 Å². The Morgan fingerprint density at radius 2 is 2.00 bits per heavy atom. The normalized spacial score (nSPS) is 13.9. The Bertz CT molecular complexity index is 554. The highest BCUT2D eigenvalue weighted by molar-refractivity contribution is 7.07. The summed E-state index contributed by atoms with van der Waals surface area (Å²) < 4.78 is 0. The van der Waals surface area contributed by atoms with Crippen molar-refractivity contribution in [2.45, 2.75) is 19.1 Å². The number of thiophene rings is 1. The standard InChI is InChI=1S/C14H16N2O3S/c1-10(12-6-7-20-9-12)15-8-14(17)11-2-4-13(5-3-11)16(18)19/h2-7,9-10,14-15,17H,8H2,1H3. The van der Waals surface area contributed by atoms with Crippen LogP contribution < -0.4 is 5.32 Å². The molecule has 2 aromatic rings. The third-order valence-electron chi connectivity index (χ3n) is 3.15. The summed E-state index contributed by atoms with van der Waals surface area (Å²) in [5.41, 5.74) is 1.88. The summed E-state index contributed by atoms with van der Waals surface area (Å²) in [6.45, 7) is 2.43. The zero-order valence-corrected chi connectivity index (χ0v) is 11.8. The Morgan fingerprint density at radius 3 is 2.55 bits per heavy atom. The van der Waals surface area contributed by atoms with Gasteiger partial charge in [-0.15, -0.1) is 0 Å². The maximum absolute atomic E-state index is 10.6. The lowest BCUT2D eigenvalue weighted by molar-refractivity contribution is -0.384. The molecule has 0 aliphatic heterocycles. The number of non-ortho nitro benzene ring substituents is 1. The number of aliphatic hydroxyl groups excluding tert-OH is 1. The van der Waals surface area contributed by atoms with Crippen LogP contribution in [0, 0.1) is 10.1 Å². The summed E-state index contributed by atoms with van der Waals surface area (Å²) in [6.07, 6.45) is -0.683. The van der Waals surface area contributed by atoms with Crippen molar-refractivity contribution in [2.24, 2.45) is 0 Å². The predicted molar refractivity (Wildman–Crippen MR) is 78.8 cm³/mol. The Kier molecular flexibility index (Phi) is 4.84. The molecule has 20 heavy (non-hydrogen) atoms. The molecule has 2 rings (SSSR count). The van der Waals surface area contributed by atoms with Crippen LogP contribution in [0.25, 0.3) is 0 Å². The average molecular weight is 292 g/mol. The van der Waals surface area contributed by atoms with Crippen molar-refractivity contribution in [3.63, 3.8) is 0 Å². The molecule has 0 spiro atoms. The predicted octanol–water partition coefficient (Wildman–Crippen LogP) is 3.04. The Labute approximate surface area is 121 Å². The molecular weight excluding hydrogens is 276 g/mol. The fourth-order valence-corrected chi connectivity index (χ4v) is 2.62. The van der Waals surface area contributed by atoms with Gasteiger partial charge >= 0.3 is 0 Å². The summed E-state index contributed by atoms with van der Waals surface area (Å²) in [7, 11) is 0. The number of nitro benzene ring substituents is 1. The van der Waals surface area contributed by atoms with Crippen molar-refractivity contribution in [3.05, 3.63) is 62.3 Å². The Hall–Kier alpha value is -1.76. The summed E-state index contributed by atoms with van der Waals surface area (Å²) in [5, 5.41) is 27.9. The van der Waals surface area contributed by atoms with E-state index in [9.17, 15) is 15.2 Å². The fraction of sp³-hybridized carbons (Fsp3) is 0.286. The van der Waals surface area contributed by atoms with Gasteiger partial charge in [0.1, 0.15) is 0 Å². The summed E-state index contributed by atoms with van der Waals surface area (Å²) in [5.74, 6) is 0. The topological polar surface area (TPSA) is 75.4 Å². The molecule has 2 atom stereocenters. The molecule has 1 aromatic heterocycles. The van der Waals surface area contributed by atoms with Gasteiger partial charge in [-0.05, 0) is 47.0 Å². The first-order valence-electron chi connectivity index (χ1n) is 6.26. The molecule has 6 heteroatoms. The smallest absolute Gasteiger partial charge is 0.269 e. The number of rotatable bonds is 6. The minimum absolute atomic E-state index is 0.0283. The van der Waals surface area contributed by atoms with E-state index in [1.54, 1.807) is 23.5 Å². The first-order valence-corrected chi connectivity index (χ1v) is 7.20. The lowest BCUT2D eigenvalue weighted by atomic mass is 10.1. The molecule has 2 N–H and O–H groups in total. The van der Waals surface area contributed by atoms with E-state index in [-0.39, 0.29) is 11.7 Å². The minimum Gasteiger partial charge on any atom is -0.387 e. The van der Waals surface area contributed by atoms with Crippen molar-refractivity contribution in [1.29, 1.82) is 0 Å². The van der Waals surface area contributed by atoms with Crippen LogP contribution in [0.3, 0.4) is 0 Å². The lowest BCUT2D eigenvalue weighted by Gasteiger charge is -2.16. The maximum Gasteiger partial charge on any atom is 0.269 e. The van der Waals surface area contributed by atoms with Crippen LogP contribution in [-0.2, 0) is 0 Å². The minimum atomic E-state index is -0.683. The third-order valence-corrected chi connectivity index (χ3v) is 3.85. The second-order valence-corrected chi connectivity index (χ2v) is 5.33. The molecule has 106 valence electrons. The fourth-order valence-electron chi connectivity index (χ4n) is 1.86. The molecule has 0 fully saturated rings. The van der Waals surface area contributed by atoms with Gasteiger partial charge in [0.05, 0.1) is 11.0 Å². The molecule has 0 bridgehead atoms. The van der Waals surface area contributed by atoms with Gasteiger partial charge in [0.15, 0.2) is 0 Å². The van der Waals surface area contributed by atoms with Crippen LogP contribution in [0.15, 0.2) is 41.1 Å². The van der Waals surface area contributed by atoms with E-state index in [1.165, 1.54) is 17.7 Å². The van der Waals surface area contributed by atoms with Gasteiger partial charge in [-0.25, -0.2) is 0 Å². The van der Waals surface area contributed by atoms with E-state index in [1.807, 2.05) is 18.4 Å². The van der Waals surface area contributed by atoms with Gasteiger partial charge < -0.3 is 10.4 Å². The molecule has 0 saturated carbocycles. The van der Waals surface area contributed by atoms with Crippen molar-refractivity contribution in [3.8, 4) is 0 Å². The first-order chi connectivity index (χ1) is 9.58. The SMILES string of the molecule is CC(NCC(O)c1ccc([N+](=O)[O-])cc1)c1ccsc1. The van der Waals surface area contributed by atoms with Crippen LogP contribution in [-0.4, -0.2) is 16.6 Å². The molecule has 0 aliphatic carbocycles. The van der Waals surface area contributed by atoms with Gasteiger partial charge in [-0.2, -0.15) is 11.3 Å². The van der Waals surface area contributed by atoms with Crippen molar-refractivity contribution >= 4 is 17.0 Å². The molecule has 0 amide bonds. The largest absolute Gasteiger partial charge is 0.387 e. The monoisotopic (exact) mass is 292 g/mol. The summed E-state index contributed by atoms with van der Waals surface area (Å²) in [6, 6.07) is 8.18. The zero-order valence-electron chi connectivity index (χ0n) is 11.0. The van der Waals surface area contributed by atoms with E-state index < -0.39 is 11.0 Å². The van der Waals surface area contributed by atoms with Gasteiger partial charge in [-0.1, -0.05) is 0 Å². The summed E-state index contributed by atoms with van der Waals surface area (Å²) >= 11 is 1.64. The Balaban J connectivity index is 1.91. The van der Waals surface area contributed by atoms with Gasteiger partial charge in [0.25, 0.3) is 5.69 Å². The van der Waals surface area contributed by atoms with E-state index in [0.717, 1.165) is 0 Å². The molecule has 0 aliphatic rings. The number of aliphatic hydroxyl groups is 1. The second kappa shape index (κ2) is 6.60. The highest BCUT2D eigenvalue weighted by atomic mass is 32.1. The van der Waals surface area contributed by atoms with Gasteiger partial charge in [-0.3, -0.25) is 10.1 Å². The highest BCUT2D eigenvalue weighted by Gasteiger charge is 2.12. The van der Waals surface area contributed by atoms with Crippen LogP contribution in [0.5, 0.6) is 0 Å². The van der Waals surface area contributed by atoms with Crippen molar-refractivity contribution in [2.75, 3.05) is 6.54 Å². The van der Waals surface area contributed by atoms with Crippen LogP contribution >= 0.6 is 11.3 Å². The Morgan fingerprint density at radius 1 is 1.30 bits per heavy atom. The molecule has 2 unspecified atom stereocenters. The number of hydrogen-bond donors (Lipinski definition) is 2. The number of benzene rings is 1. The van der Waals surface area contributed by atoms with Crippen LogP contribution in [0.1, 0.15) is 30.2 Å². The van der Waals surface area contributed by atoms with Crippen molar-refractivity contribution < 1.29 is 10.0 Å². The molecule has 0 radical (unpaired) electrons. The van der Waals surface area contributed by atoms with E-state index >= 15 is 0 Å². The number of nitrogens with zero attached hydrogens (tertiary/aromatic N) is 1. The van der Waals surface area contributed by atoms with E-state index in [0.29, 0.717) is 12.1 Å². The average Bonchev–Trinajstić information content (AvgIpc) is 2.98. The molecule has 1 heterocycles. The second-order valence-electron chi connectivity index (χ2n) is 4.55. The molecular formula is C14H16N2O3S. The molecule has 5 nitrogen and oxygen atoms in total. The van der Waals surface area contributed by atoms with E-state index in [2.05, 4.69) is 10.7 Å². The number of nitrogens with one attached hydrogen (secondary N) is 1. The van der Waals surface area contributed by atoms with Crippen molar-refractivity contribution in [1.82, 2.24) is 5.32 Å². The molecule has 0 saturated heterocycles. The third kappa shape index (κ3) is 3.63. The van der Waals surface area contributed by atoms with Crippen LogP contribution in [0.4, 0.5) is 5.69 Å². The highest BCUT2D eigenvalue weighted by Crippen LogP contribution is 2.19. The maximum atomic E-state index is 10.6. The zero-order chi connectivity index (χ0) is 14.5. The number of nitro groups is 1. The molecule has 1 aromatic carbocycles. The lowest BCUT2D eigenvalue weighted by Crippen LogP contribution is -2.24. The number of hydrogen-bond acceptors (Lipinski definition) is 5. The first kappa shape index (κ1) is 14.6. The van der Waals surface area contributed by atoms with E-state index in [4.69, 9.17) is 0 Å².